The molecule has 0 spiro atoms. The van der Waals surface area contributed by atoms with E-state index in [2.05, 4.69) is 5.32 Å². The van der Waals surface area contributed by atoms with Crippen LogP contribution in [0.1, 0.15) is 34.5 Å². The number of hydrogen-bond donors (Lipinski definition) is 1. The van der Waals surface area contributed by atoms with E-state index in [9.17, 15) is 9.59 Å². The maximum Gasteiger partial charge on any atom is 0.254 e. The van der Waals surface area contributed by atoms with Crippen molar-refractivity contribution in [1.82, 2.24) is 4.90 Å². The molecule has 2 heterocycles. The van der Waals surface area contributed by atoms with Crippen LogP contribution in [0.3, 0.4) is 0 Å². The largest absolute Gasteiger partial charge is 0.497 e. The van der Waals surface area contributed by atoms with Crippen LogP contribution in [-0.4, -0.2) is 30.4 Å². The number of nitrogens with one attached hydrogen (secondary N) is 1. The number of nitrogens with zero attached hydrogens (tertiary/aromatic N) is 1. The lowest BCUT2D eigenvalue weighted by atomic mass is 10.1. The lowest BCUT2D eigenvalue weighted by Crippen LogP contribution is -2.35. The standard InChI is InChI=1S/C25H24N2O4/c1-30-21-7-3-5-18(13-21)25(29)27-11-10-22-19(15-27)14-23(31-22)17-4-2-6-20(12-17)26-24(28)16-8-9-16/h2-7,12-14,16H,8-11,15H2,1H3,(H,26,28). The van der Waals surface area contributed by atoms with Crippen LogP contribution in [0, 0.1) is 5.92 Å². The van der Waals surface area contributed by atoms with Gasteiger partial charge in [-0.25, -0.2) is 0 Å². The zero-order valence-corrected chi connectivity index (χ0v) is 17.4. The van der Waals surface area contributed by atoms with Gasteiger partial charge in [-0.15, -0.1) is 0 Å². The predicted octanol–water partition coefficient (Wildman–Crippen LogP) is 4.50. The first-order chi connectivity index (χ1) is 15.1. The van der Waals surface area contributed by atoms with E-state index in [1.165, 1.54) is 0 Å². The number of fused-ring (bicyclic) bond motifs is 1. The van der Waals surface area contributed by atoms with Gasteiger partial charge in [-0.05, 0) is 49.2 Å². The fraction of sp³-hybridized carbons (Fsp3) is 0.280. The summed E-state index contributed by atoms with van der Waals surface area (Å²) in [5.74, 6) is 2.57. The molecule has 0 unspecified atom stereocenters. The molecule has 0 saturated heterocycles. The number of rotatable bonds is 5. The number of benzene rings is 2. The minimum Gasteiger partial charge on any atom is -0.497 e. The van der Waals surface area contributed by atoms with E-state index in [1.54, 1.807) is 13.2 Å². The number of ether oxygens (including phenoxy) is 1. The molecule has 5 rings (SSSR count). The van der Waals surface area contributed by atoms with Crippen LogP contribution in [0.5, 0.6) is 5.75 Å². The molecule has 1 fully saturated rings. The van der Waals surface area contributed by atoms with Crippen molar-refractivity contribution in [3.63, 3.8) is 0 Å². The maximum absolute atomic E-state index is 13.0. The van der Waals surface area contributed by atoms with Gasteiger partial charge in [0, 0.05) is 47.8 Å². The first kappa shape index (κ1) is 19.4. The summed E-state index contributed by atoms with van der Waals surface area (Å²) in [6.07, 6.45) is 2.62. The highest BCUT2D eigenvalue weighted by Crippen LogP contribution is 2.33. The number of hydrogen-bond acceptors (Lipinski definition) is 4. The van der Waals surface area contributed by atoms with Gasteiger partial charge in [-0.3, -0.25) is 9.59 Å². The molecule has 2 aliphatic rings. The minimum atomic E-state index is -0.0166. The molecule has 1 aliphatic heterocycles. The molecule has 1 N–H and O–H groups in total. The third-order valence-corrected chi connectivity index (χ3v) is 5.83. The van der Waals surface area contributed by atoms with E-state index in [4.69, 9.17) is 9.15 Å². The molecule has 3 aromatic rings. The molecular formula is C25H24N2O4. The topological polar surface area (TPSA) is 71.8 Å². The van der Waals surface area contributed by atoms with E-state index >= 15 is 0 Å². The van der Waals surface area contributed by atoms with Crippen molar-refractivity contribution in [2.45, 2.75) is 25.8 Å². The molecule has 0 bridgehead atoms. The second kappa shape index (κ2) is 7.95. The van der Waals surface area contributed by atoms with Crippen molar-refractivity contribution in [2.24, 2.45) is 5.92 Å². The van der Waals surface area contributed by atoms with Gasteiger partial charge in [-0.2, -0.15) is 0 Å². The number of amides is 2. The molecule has 6 heteroatoms. The average Bonchev–Trinajstić information content (AvgIpc) is 3.57. The van der Waals surface area contributed by atoms with Crippen LogP contribution in [-0.2, 0) is 17.8 Å². The molecule has 2 aromatic carbocycles. The van der Waals surface area contributed by atoms with E-state index in [0.29, 0.717) is 30.8 Å². The summed E-state index contributed by atoms with van der Waals surface area (Å²) in [5.41, 5.74) is 3.32. The molecule has 1 aromatic heterocycles. The quantitative estimate of drug-likeness (QED) is 0.665. The first-order valence-electron chi connectivity index (χ1n) is 10.6. The molecule has 0 radical (unpaired) electrons. The van der Waals surface area contributed by atoms with Gasteiger partial charge in [0.2, 0.25) is 5.91 Å². The Hall–Kier alpha value is -3.54. The Balaban J connectivity index is 1.33. The van der Waals surface area contributed by atoms with Gasteiger partial charge < -0.3 is 19.4 Å². The second-order valence-electron chi connectivity index (χ2n) is 8.11. The van der Waals surface area contributed by atoms with Crippen LogP contribution in [0.4, 0.5) is 5.69 Å². The van der Waals surface area contributed by atoms with Gasteiger partial charge in [-0.1, -0.05) is 18.2 Å². The second-order valence-corrected chi connectivity index (χ2v) is 8.11. The van der Waals surface area contributed by atoms with Crippen molar-refractivity contribution in [2.75, 3.05) is 19.0 Å². The summed E-state index contributed by atoms with van der Waals surface area (Å²) in [7, 11) is 1.59. The monoisotopic (exact) mass is 416 g/mol. The molecule has 31 heavy (non-hydrogen) atoms. The summed E-state index contributed by atoms with van der Waals surface area (Å²) in [6.45, 7) is 1.11. The van der Waals surface area contributed by atoms with Crippen molar-refractivity contribution in [3.05, 3.63) is 71.5 Å². The highest BCUT2D eigenvalue weighted by Gasteiger charge is 2.30. The molecular weight excluding hydrogens is 392 g/mol. The Morgan fingerprint density at radius 3 is 2.74 bits per heavy atom. The smallest absolute Gasteiger partial charge is 0.254 e. The predicted molar refractivity (Wildman–Crippen MR) is 117 cm³/mol. The number of furan rings is 1. The summed E-state index contributed by atoms with van der Waals surface area (Å²) in [4.78, 5) is 26.9. The number of anilines is 1. The van der Waals surface area contributed by atoms with E-state index in [-0.39, 0.29) is 17.7 Å². The van der Waals surface area contributed by atoms with Crippen LogP contribution in [0.2, 0.25) is 0 Å². The third kappa shape index (κ3) is 4.06. The summed E-state index contributed by atoms with van der Waals surface area (Å²) < 4.78 is 11.4. The van der Waals surface area contributed by atoms with E-state index in [1.807, 2.05) is 53.4 Å². The molecule has 1 saturated carbocycles. The van der Waals surface area contributed by atoms with E-state index in [0.717, 1.165) is 41.2 Å². The number of methoxy groups -OCH3 is 1. The molecule has 6 nitrogen and oxygen atoms in total. The fourth-order valence-corrected chi connectivity index (χ4v) is 3.93. The number of carbonyl (C=O) groups is 2. The van der Waals surface area contributed by atoms with Gasteiger partial charge in [0.1, 0.15) is 17.3 Å². The minimum absolute atomic E-state index is 0.0166. The SMILES string of the molecule is COc1cccc(C(=O)N2CCc3oc(-c4cccc(NC(=O)C5CC5)c4)cc3C2)c1. The highest BCUT2D eigenvalue weighted by atomic mass is 16.5. The summed E-state index contributed by atoms with van der Waals surface area (Å²) in [5, 5.41) is 2.98. The Morgan fingerprint density at radius 1 is 1.10 bits per heavy atom. The van der Waals surface area contributed by atoms with Gasteiger partial charge in [0.15, 0.2) is 0 Å². The zero-order valence-electron chi connectivity index (χ0n) is 17.4. The van der Waals surface area contributed by atoms with Crippen molar-refractivity contribution in [3.8, 4) is 17.1 Å². The van der Waals surface area contributed by atoms with Crippen LogP contribution in [0.25, 0.3) is 11.3 Å². The van der Waals surface area contributed by atoms with E-state index < -0.39 is 0 Å². The van der Waals surface area contributed by atoms with Crippen LogP contribution in [0.15, 0.2) is 59.0 Å². The van der Waals surface area contributed by atoms with Crippen molar-refractivity contribution in [1.29, 1.82) is 0 Å². The Morgan fingerprint density at radius 2 is 1.94 bits per heavy atom. The lowest BCUT2D eigenvalue weighted by Gasteiger charge is -2.26. The Labute approximate surface area is 180 Å². The van der Waals surface area contributed by atoms with Gasteiger partial charge >= 0.3 is 0 Å². The normalized spacial score (nSPS) is 15.3. The maximum atomic E-state index is 13.0. The molecule has 158 valence electrons. The van der Waals surface area contributed by atoms with Crippen molar-refractivity contribution >= 4 is 17.5 Å². The third-order valence-electron chi connectivity index (χ3n) is 5.83. The molecule has 2 amide bonds. The summed E-state index contributed by atoms with van der Waals surface area (Å²) in [6, 6.07) is 16.9. The molecule has 0 atom stereocenters. The number of carbonyl (C=O) groups excluding carboxylic acids is 2. The van der Waals surface area contributed by atoms with Crippen LogP contribution < -0.4 is 10.1 Å². The van der Waals surface area contributed by atoms with Gasteiger partial charge in [0.05, 0.1) is 7.11 Å². The Kier molecular flexibility index (Phi) is 4.98. The van der Waals surface area contributed by atoms with Crippen LogP contribution >= 0.6 is 0 Å². The Bertz CT molecular complexity index is 1150. The van der Waals surface area contributed by atoms with Crippen molar-refractivity contribution < 1.29 is 18.7 Å². The summed E-state index contributed by atoms with van der Waals surface area (Å²) >= 11 is 0. The zero-order chi connectivity index (χ0) is 21.4. The first-order valence-corrected chi connectivity index (χ1v) is 10.6. The fourth-order valence-electron chi connectivity index (χ4n) is 3.93. The average molecular weight is 416 g/mol. The molecule has 1 aliphatic carbocycles. The van der Waals surface area contributed by atoms with Gasteiger partial charge in [0.25, 0.3) is 5.91 Å². The lowest BCUT2D eigenvalue weighted by molar-refractivity contribution is -0.117. The highest BCUT2D eigenvalue weighted by molar-refractivity contribution is 5.95.